The summed E-state index contributed by atoms with van der Waals surface area (Å²) in [5.41, 5.74) is 3.94. The minimum Gasteiger partial charge on any atom is -0.494 e. The lowest BCUT2D eigenvalue weighted by Crippen LogP contribution is -2.39. The van der Waals surface area contributed by atoms with E-state index in [4.69, 9.17) is 14.2 Å². The topological polar surface area (TPSA) is 82.1 Å². The Hall–Kier alpha value is -4.34. The fourth-order valence-corrected chi connectivity index (χ4v) is 4.16. The molecule has 0 aromatic heterocycles. The Morgan fingerprint density at radius 3 is 2.26 bits per heavy atom. The Bertz CT molecular complexity index is 1380. The summed E-state index contributed by atoms with van der Waals surface area (Å²) in [5.74, 6) is 6.02. The molecule has 1 N–H and O–H groups in total. The highest BCUT2D eigenvalue weighted by molar-refractivity contribution is 5.99. The van der Waals surface area contributed by atoms with E-state index in [1.807, 2.05) is 92.7 Å². The van der Waals surface area contributed by atoms with Gasteiger partial charge in [-0.05, 0) is 67.8 Å². The summed E-state index contributed by atoms with van der Waals surface area (Å²) in [4.78, 5) is 24.8. The third kappa shape index (κ3) is 7.59. The predicted molar refractivity (Wildman–Crippen MR) is 149 cm³/mol. The normalized spacial score (nSPS) is 17.6. The molecule has 0 spiro atoms. The number of hydrogen-bond acceptors (Lipinski definition) is 6. The molecule has 6 nitrogen and oxygen atoms in total. The van der Waals surface area contributed by atoms with Crippen LogP contribution in [-0.4, -0.2) is 42.5 Å². The second-order valence-electron chi connectivity index (χ2n) is 9.63. The summed E-state index contributed by atoms with van der Waals surface area (Å²) in [5, 5.41) is 9.96. The SMILES string of the molecule is C/C(=C1\CC(CO)(COC(=O)CCCOc2ccc(C#Cc3ccc(C)cc3)cc2)OC1=O)c1ccccc1. The summed E-state index contributed by atoms with van der Waals surface area (Å²) in [6, 6.07) is 25.0. The van der Waals surface area contributed by atoms with Crippen molar-refractivity contribution in [1.29, 1.82) is 0 Å². The van der Waals surface area contributed by atoms with E-state index in [-0.39, 0.29) is 19.4 Å². The first-order valence-electron chi connectivity index (χ1n) is 12.9. The number of rotatable bonds is 9. The van der Waals surface area contributed by atoms with Crippen molar-refractivity contribution in [3.63, 3.8) is 0 Å². The number of hydrogen-bond donors (Lipinski definition) is 1. The number of carbonyl (C=O) groups excluding carboxylic acids is 2. The summed E-state index contributed by atoms with van der Waals surface area (Å²) < 4.78 is 16.6. The molecule has 6 heteroatoms. The van der Waals surface area contributed by atoms with Gasteiger partial charge >= 0.3 is 11.9 Å². The minimum absolute atomic E-state index is 0.140. The molecule has 1 fully saturated rings. The Morgan fingerprint density at radius 1 is 0.974 bits per heavy atom. The van der Waals surface area contributed by atoms with Gasteiger partial charge in [0.2, 0.25) is 0 Å². The second-order valence-corrected chi connectivity index (χ2v) is 9.63. The molecule has 4 rings (SSSR count). The van der Waals surface area contributed by atoms with Crippen LogP contribution in [0.1, 0.15) is 48.4 Å². The maximum atomic E-state index is 12.5. The van der Waals surface area contributed by atoms with Crippen LogP contribution in [0, 0.1) is 18.8 Å². The molecule has 1 aliphatic rings. The standard InChI is InChI=1S/C33H32O6/c1-24-10-12-26(13-11-24)14-15-27-16-18-29(19-17-27)37-20-6-9-31(35)38-23-33(22-34)21-30(32(36)39-33)25(2)28-7-4-3-5-8-28/h3-5,7-8,10-13,16-19,34H,6,9,20-23H2,1-2H3/b30-25-. The monoisotopic (exact) mass is 524 g/mol. The number of carbonyl (C=O) groups is 2. The van der Waals surface area contributed by atoms with Crippen LogP contribution < -0.4 is 4.74 Å². The maximum absolute atomic E-state index is 12.5. The molecular formula is C33H32O6. The third-order valence-electron chi connectivity index (χ3n) is 6.55. The summed E-state index contributed by atoms with van der Waals surface area (Å²) in [7, 11) is 0. The largest absolute Gasteiger partial charge is 0.494 e. The molecule has 0 saturated carbocycles. The van der Waals surface area contributed by atoms with Gasteiger partial charge in [-0.25, -0.2) is 4.79 Å². The molecule has 39 heavy (non-hydrogen) atoms. The van der Waals surface area contributed by atoms with Crippen LogP contribution in [0.2, 0.25) is 0 Å². The lowest BCUT2D eigenvalue weighted by Gasteiger charge is -2.24. The van der Waals surface area contributed by atoms with E-state index >= 15 is 0 Å². The van der Waals surface area contributed by atoms with Gasteiger partial charge in [0.05, 0.1) is 13.2 Å². The summed E-state index contributed by atoms with van der Waals surface area (Å²) in [6.07, 6.45) is 0.768. The van der Waals surface area contributed by atoms with Gasteiger partial charge in [-0.2, -0.15) is 0 Å². The van der Waals surface area contributed by atoms with E-state index in [1.54, 1.807) is 0 Å². The molecule has 0 bridgehead atoms. The zero-order chi connectivity index (χ0) is 27.7. The van der Waals surface area contributed by atoms with Crippen LogP contribution in [0.4, 0.5) is 0 Å². The van der Waals surface area contributed by atoms with Gasteiger partial charge in [0.1, 0.15) is 12.4 Å². The zero-order valence-corrected chi connectivity index (χ0v) is 22.2. The van der Waals surface area contributed by atoms with Crippen molar-refractivity contribution in [3.8, 4) is 17.6 Å². The first-order valence-corrected chi connectivity index (χ1v) is 12.9. The van der Waals surface area contributed by atoms with Gasteiger partial charge in [-0.15, -0.1) is 0 Å². The first kappa shape index (κ1) is 27.7. The molecule has 200 valence electrons. The van der Waals surface area contributed by atoms with Gasteiger partial charge in [0, 0.05) is 29.5 Å². The van der Waals surface area contributed by atoms with Gasteiger partial charge in [-0.1, -0.05) is 59.9 Å². The molecule has 0 aliphatic carbocycles. The average molecular weight is 525 g/mol. The van der Waals surface area contributed by atoms with E-state index in [2.05, 4.69) is 11.8 Å². The van der Waals surface area contributed by atoms with Crippen LogP contribution in [0.3, 0.4) is 0 Å². The van der Waals surface area contributed by atoms with Crippen molar-refractivity contribution in [2.45, 2.75) is 38.7 Å². The van der Waals surface area contributed by atoms with Crippen molar-refractivity contribution >= 4 is 17.5 Å². The molecule has 1 saturated heterocycles. The highest BCUT2D eigenvalue weighted by atomic mass is 16.6. The Labute approximate surface area is 229 Å². The van der Waals surface area contributed by atoms with Crippen LogP contribution in [0.15, 0.2) is 84.4 Å². The van der Waals surface area contributed by atoms with Crippen LogP contribution in [-0.2, 0) is 19.1 Å². The number of aliphatic hydroxyl groups is 1. The Kier molecular flexibility index (Phi) is 9.19. The Balaban J connectivity index is 1.21. The highest BCUT2D eigenvalue weighted by Gasteiger charge is 2.45. The fraction of sp³-hybridized carbons (Fsp3) is 0.273. The number of cyclic esters (lactones) is 1. The fourth-order valence-electron chi connectivity index (χ4n) is 4.16. The van der Waals surface area contributed by atoms with Crippen LogP contribution in [0.25, 0.3) is 5.57 Å². The lowest BCUT2D eigenvalue weighted by molar-refractivity contribution is -0.166. The number of ether oxygens (including phenoxy) is 3. The second kappa shape index (κ2) is 12.9. The molecule has 0 radical (unpaired) electrons. The average Bonchev–Trinajstić information content (AvgIpc) is 3.31. The van der Waals surface area contributed by atoms with Gasteiger partial charge in [0.25, 0.3) is 0 Å². The molecule has 3 aromatic carbocycles. The molecule has 1 atom stereocenters. The predicted octanol–water partition coefficient (Wildman–Crippen LogP) is 5.25. The quantitative estimate of drug-likeness (QED) is 0.178. The van der Waals surface area contributed by atoms with Crippen molar-refractivity contribution in [1.82, 2.24) is 0 Å². The van der Waals surface area contributed by atoms with Gasteiger partial charge < -0.3 is 19.3 Å². The summed E-state index contributed by atoms with van der Waals surface area (Å²) >= 11 is 0. The molecule has 1 unspecified atom stereocenters. The zero-order valence-electron chi connectivity index (χ0n) is 22.2. The number of allylic oxidation sites excluding steroid dienone is 1. The number of esters is 2. The number of aryl methyl sites for hydroxylation is 1. The first-order chi connectivity index (χ1) is 18.9. The van der Waals surface area contributed by atoms with E-state index in [1.165, 1.54) is 5.56 Å². The number of aliphatic hydroxyl groups excluding tert-OH is 1. The van der Waals surface area contributed by atoms with Crippen LogP contribution >= 0.6 is 0 Å². The summed E-state index contributed by atoms with van der Waals surface area (Å²) in [6.45, 7) is 3.59. The maximum Gasteiger partial charge on any atom is 0.335 e. The van der Waals surface area contributed by atoms with E-state index in [0.717, 1.165) is 22.3 Å². The Morgan fingerprint density at radius 2 is 1.62 bits per heavy atom. The van der Waals surface area contributed by atoms with Crippen LogP contribution in [0.5, 0.6) is 5.75 Å². The van der Waals surface area contributed by atoms with E-state index in [0.29, 0.717) is 24.4 Å². The van der Waals surface area contributed by atoms with Crippen molar-refractivity contribution in [2.24, 2.45) is 0 Å². The van der Waals surface area contributed by atoms with Gasteiger partial charge in [0.15, 0.2) is 5.60 Å². The molecular weight excluding hydrogens is 492 g/mol. The van der Waals surface area contributed by atoms with Crippen molar-refractivity contribution in [3.05, 3.63) is 107 Å². The smallest absolute Gasteiger partial charge is 0.335 e. The van der Waals surface area contributed by atoms with E-state index in [9.17, 15) is 14.7 Å². The van der Waals surface area contributed by atoms with E-state index < -0.39 is 24.1 Å². The third-order valence-corrected chi connectivity index (χ3v) is 6.55. The molecule has 1 heterocycles. The molecule has 0 amide bonds. The minimum atomic E-state index is -1.27. The molecule has 1 aliphatic heterocycles. The van der Waals surface area contributed by atoms with Crippen molar-refractivity contribution < 1.29 is 28.9 Å². The number of benzene rings is 3. The highest BCUT2D eigenvalue weighted by Crippen LogP contribution is 2.35. The molecule has 3 aromatic rings. The lowest BCUT2D eigenvalue weighted by atomic mass is 9.94. The van der Waals surface area contributed by atoms with Gasteiger partial charge in [-0.3, -0.25) is 4.79 Å². The van der Waals surface area contributed by atoms with Crippen molar-refractivity contribution in [2.75, 3.05) is 19.8 Å².